The molecule has 2 aliphatic rings. The van der Waals surface area contributed by atoms with E-state index in [4.69, 9.17) is 10.2 Å². The average Bonchev–Trinajstić information content (AvgIpc) is 3.47. The third-order valence-corrected chi connectivity index (χ3v) is 8.77. The molecule has 0 heterocycles. The van der Waals surface area contributed by atoms with Gasteiger partial charge in [-0.25, -0.2) is 24.3 Å². The molecule has 2 nitrogen and oxygen atoms in total. The summed E-state index contributed by atoms with van der Waals surface area (Å²) in [5.41, 5.74) is 0. The van der Waals surface area contributed by atoms with Crippen LogP contribution >= 0.6 is 0 Å². The number of rotatable bonds is 2. The van der Waals surface area contributed by atoms with Crippen LogP contribution in [0.25, 0.3) is 0 Å². The third-order valence-electron chi connectivity index (χ3n) is 4.64. The van der Waals surface area contributed by atoms with Crippen LogP contribution < -0.4 is 10.4 Å². The van der Waals surface area contributed by atoms with Gasteiger partial charge in [0.2, 0.25) is 0 Å². The summed E-state index contributed by atoms with van der Waals surface area (Å²) in [6.45, 7) is 13.7. The van der Waals surface area contributed by atoms with E-state index >= 15 is 0 Å². The summed E-state index contributed by atoms with van der Waals surface area (Å²) in [6, 6.07) is 15.1. The number of hydrogen-bond acceptors (Lipinski definition) is 2. The van der Waals surface area contributed by atoms with Crippen molar-refractivity contribution in [3.8, 4) is 11.5 Å². The van der Waals surface area contributed by atoms with E-state index < -0.39 is 16.1 Å². The molecule has 2 aliphatic carbocycles. The second-order valence-electron chi connectivity index (χ2n) is 9.60. The molecule has 0 spiro atoms. The van der Waals surface area contributed by atoms with E-state index in [1.54, 1.807) is 24.3 Å². The van der Waals surface area contributed by atoms with Gasteiger partial charge in [0, 0.05) is 0 Å². The smallest absolute Gasteiger partial charge is 0.508 e. The molecule has 0 fully saturated rings. The molecule has 2 N–H and O–H groups in total. The summed E-state index contributed by atoms with van der Waals surface area (Å²) in [4.78, 5) is 0. The van der Waals surface area contributed by atoms with Crippen molar-refractivity contribution in [2.75, 3.05) is 0 Å². The molecule has 2 aromatic rings. The van der Waals surface area contributed by atoms with Gasteiger partial charge in [-0.15, -0.1) is 12.8 Å². The summed E-state index contributed by atoms with van der Waals surface area (Å²) in [5, 5.41) is 20.8. The first kappa shape index (κ1) is 31.3. The molecule has 0 saturated heterocycles. The second kappa shape index (κ2) is 16.0. The molecular weight excluding hydrogens is 516 g/mol. The van der Waals surface area contributed by atoms with Crippen molar-refractivity contribution in [2.45, 2.75) is 52.1 Å². The number of hydrogen-bond donors (Lipinski definition) is 2. The predicted molar refractivity (Wildman–Crippen MR) is 145 cm³/mol. The number of benzene rings is 2. The Kier molecular flexibility index (Phi) is 15.2. The molecule has 0 amide bonds. The summed E-state index contributed by atoms with van der Waals surface area (Å²) in [5.74, 6) is 0.707. The van der Waals surface area contributed by atoms with Gasteiger partial charge in [-0.3, -0.25) is 12.2 Å². The quantitative estimate of drug-likeness (QED) is 0.330. The SMILES string of the molecule is C[Si](C)(C)c1ccc(O)cc1.C[Si](C)(C)c1ccc(O)cc1.[C-]1=CC=CC1.[C-]1=CC=CC1.[Zr+2]. The molecule has 4 rings (SSSR count). The minimum Gasteiger partial charge on any atom is -0.508 e. The zero-order valence-electron chi connectivity index (χ0n) is 20.9. The molecule has 0 aliphatic heterocycles. The number of allylic oxidation sites excluding steroid dienone is 8. The molecule has 174 valence electrons. The van der Waals surface area contributed by atoms with Gasteiger partial charge in [0.15, 0.2) is 0 Å². The van der Waals surface area contributed by atoms with E-state index in [-0.39, 0.29) is 26.2 Å². The molecule has 0 saturated carbocycles. The first-order valence-electron chi connectivity index (χ1n) is 11.0. The van der Waals surface area contributed by atoms with Crippen LogP contribution in [0.1, 0.15) is 12.8 Å². The fraction of sp³-hybridized carbons (Fsp3) is 0.286. The maximum atomic E-state index is 9.04. The summed E-state index contributed by atoms with van der Waals surface area (Å²) in [6.07, 6.45) is 20.0. The van der Waals surface area contributed by atoms with E-state index in [0.717, 1.165) is 12.8 Å². The van der Waals surface area contributed by atoms with Crippen molar-refractivity contribution in [1.82, 2.24) is 0 Å². The van der Waals surface area contributed by atoms with Crippen LogP contribution in [-0.4, -0.2) is 26.4 Å². The Balaban J connectivity index is 0.000000434. The molecular formula is C28H38O2Si2Zr. The minimum absolute atomic E-state index is 0. The summed E-state index contributed by atoms with van der Waals surface area (Å²) < 4.78 is 0. The Morgan fingerprint density at radius 1 is 0.576 bits per heavy atom. The first-order chi connectivity index (χ1) is 15.0. The van der Waals surface area contributed by atoms with Gasteiger partial charge in [-0.1, -0.05) is 73.9 Å². The van der Waals surface area contributed by atoms with Crippen LogP contribution in [-0.2, 0) is 26.2 Å². The Bertz CT molecular complexity index is 801. The molecule has 2 aromatic carbocycles. The van der Waals surface area contributed by atoms with Crippen LogP contribution in [0.5, 0.6) is 11.5 Å². The maximum absolute atomic E-state index is 9.04. The van der Waals surface area contributed by atoms with Crippen LogP contribution in [0, 0.1) is 12.2 Å². The van der Waals surface area contributed by atoms with Crippen LogP contribution in [0.15, 0.2) is 85.0 Å². The van der Waals surface area contributed by atoms with Crippen molar-refractivity contribution in [1.29, 1.82) is 0 Å². The van der Waals surface area contributed by atoms with Crippen molar-refractivity contribution in [3.05, 3.63) is 97.1 Å². The van der Waals surface area contributed by atoms with Gasteiger partial charge in [0.25, 0.3) is 0 Å². The van der Waals surface area contributed by atoms with Crippen LogP contribution in [0.4, 0.5) is 0 Å². The first-order valence-corrected chi connectivity index (χ1v) is 18.0. The Hall–Kier alpha value is -1.68. The third kappa shape index (κ3) is 15.0. The van der Waals surface area contributed by atoms with Gasteiger partial charge >= 0.3 is 26.2 Å². The zero-order chi connectivity index (χ0) is 24.0. The predicted octanol–water partition coefficient (Wildman–Crippen LogP) is 6.48. The van der Waals surface area contributed by atoms with Crippen molar-refractivity contribution >= 4 is 26.5 Å². The fourth-order valence-corrected chi connectivity index (χ4v) is 4.94. The largest absolute Gasteiger partial charge is 2.00 e. The molecule has 5 heteroatoms. The van der Waals surface area contributed by atoms with Crippen molar-refractivity contribution in [3.63, 3.8) is 0 Å². The van der Waals surface area contributed by atoms with Gasteiger partial charge in [-0.05, 0) is 24.3 Å². The van der Waals surface area contributed by atoms with E-state index in [1.165, 1.54) is 10.4 Å². The van der Waals surface area contributed by atoms with E-state index in [2.05, 4.69) is 63.6 Å². The van der Waals surface area contributed by atoms with Crippen LogP contribution in [0.2, 0.25) is 39.3 Å². The Labute approximate surface area is 222 Å². The standard InChI is InChI=1S/2C9H14OSi.2C5H5.Zr/c2*1-11(2,3)9-6-4-8(10)5-7-9;2*1-2-4-5-3-1;/h2*4-7,10H,1-3H3;2*1-3H,4H2;/q;;2*-1;+2. The maximum Gasteiger partial charge on any atom is 2.00 e. The second-order valence-corrected chi connectivity index (χ2v) is 19.8. The van der Waals surface area contributed by atoms with Gasteiger partial charge < -0.3 is 10.2 Å². The minimum atomic E-state index is -1.17. The Morgan fingerprint density at radius 3 is 1.03 bits per heavy atom. The normalized spacial score (nSPS) is 13.0. The van der Waals surface area contributed by atoms with Crippen molar-refractivity contribution < 1.29 is 36.4 Å². The van der Waals surface area contributed by atoms with E-state index in [0.29, 0.717) is 11.5 Å². The summed E-state index contributed by atoms with van der Waals surface area (Å²) in [7, 11) is -2.33. The number of phenols is 2. The number of phenolic OH excluding ortho intramolecular Hbond substituents is 2. The van der Waals surface area contributed by atoms with E-state index in [9.17, 15) is 0 Å². The van der Waals surface area contributed by atoms with Crippen molar-refractivity contribution in [2.24, 2.45) is 0 Å². The summed E-state index contributed by atoms with van der Waals surface area (Å²) >= 11 is 0. The molecule has 0 radical (unpaired) electrons. The topological polar surface area (TPSA) is 40.5 Å². The van der Waals surface area contributed by atoms with Gasteiger partial charge in [0.05, 0.1) is 16.1 Å². The van der Waals surface area contributed by atoms with Gasteiger partial charge in [0.1, 0.15) is 11.5 Å². The fourth-order valence-electron chi connectivity index (χ4n) is 2.60. The molecule has 0 bridgehead atoms. The monoisotopic (exact) mass is 552 g/mol. The molecule has 0 atom stereocenters. The average molecular weight is 554 g/mol. The molecule has 0 aromatic heterocycles. The zero-order valence-corrected chi connectivity index (χ0v) is 25.3. The van der Waals surface area contributed by atoms with Gasteiger partial charge in [-0.2, -0.15) is 12.2 Å². The Morgan fingerprint density at radius 2 is 0.879 bits per heavy atom. The van der Waals surface area contributed by atoms with Crippen LogP contribution in [0.3, 0.4) is 0 Å². The van der Waals surface area contributed by atoms with E-state index in [1.807, 2.05) is 48.6 Å². The number of aromatic hydroxyl groups is 2. The molecule has 0 unspecified atom stereocenters. The molecule has 33 heavy (non-hydrogen) atoms.